The van der Waals surface area contributed by atoms with Crippen LogP contribution in [-0.2, 0) is 6.42 Å². The minimum atomic E-state index is 0.645. The summed E-state index contributed by atoms with van der Waals surface area (Å²) in [6.07, 6.45) is 3.29. The number of nitrogens with zero attached hydrogens (tertiary/aromatic N) is 2. The Labute approximate surface area is 131 Å². The first kappa shape index (κ1) is 16.0. The fraction of sp³-hybridized carbons (Fsp3) is 0.625. The van der Waals surface area contributed by atoms with Crippen molar-refractivity contribution < 1.29 is 0 Å². The van der Waals surface area contributed by atoms with E-state index in [-0.39, 0.29) is 0 Å². The molecule has 116 valence electrons. The van der Waals surface area contributed by atoms with Crippen molar-refractivity contribution in [3.05, 3.63) is 10.9 Å². The van der Waals surface area contributed by atoms with Crippen molar-refractivity contribution in [1.82, 2.24) is 9.97 Å². The predicted molar refractivity (Wildman–Crippen MR) is 93.5 cm³/mol. The van der Waals surface area contributed by atoms with E-state index in [9.17, 15) is 0 Å². The van der Waals surface area contributed by atoms with Crippen molar-refractivity contribution in [2.75, 3.05) is 23.7 Å². The van der Waals surface area contributed by atoms with Gasteiger partial charge in [-0.05, 0) is 24.8 Å². The molecule has 0 amide bonds. The third-order valence-corrected chi connectivity index (χ3v) is 4.81. The molecular weight excluding hydrogens is 280 g/mol. The highest BCUT2D eigenvalue weighted by atomic mass is 32.1. The topological polar surface area (TPSA) is 49.8 Å². The molecule has 0 radical (unpaired) electrons. The van der Waals surface area contributed by atoms with Gasteiger partial charge in [-0.25, -0.2) is 4.98 Å². The van der Waals surface area contributed by atoms with Gasteiger partial charge in [0.25, 0.3) is 0 Å². The standard InChI is InChI=1S/C16H26N4S/c1-5-8-17-16-19-14(18-10-11(4)6-2)13-9-12(7-3)21-15(13)20-16/h9,11H,5-8,10H2,1-4H3,(H2,17,18,19,20). The zero-order valence-electron chi connectivity index (χ0n) is 13.5. The number of anilines is 2. The number of rotatable bonds is 8. The molecule has 0 fully saturated rings. The molecule has 2 N–H and O–H groups in total. The van der Waals surface area contributed by atoms with Crippen molar-refractivity contribution in [3.8, 4) is 0 Å². The molecule has 0 saturated heterocycles. The lowest BCUT2D eigenvalue weighted by molar-refractivity contribution is 0.593. The fourth-order valence-corrected chi connectivity index (χ4v) is 2.98. The number of nitrogens with one attached hydrogen (secondary N) is 2. The molecule has 4 nitrogen and oxygen atoms in total. The predicted octanol–water partition coefficient (Wildman–Crippen LogP) is 4.53. The van der Waals surface area contributed by atoms with Crippen molar-refractivity contribution in [3.63, 3.8) is 0 Å². The number of thiophene rings is 1. The summed E-state index contributed by atoms with van der Waals surface area (Å²) in [7, 11) is 0. The SMILES string of the molecule is CCCNc1nc(NCC(C)CC)c2cc(CC)sc2n1. The third-order valence-electron chi connectivity index (χ3n) is 3.64. The minimum absolute atomic E-state index is 0.645. The van der Waals surface area contributed by atoms with E-state index in [4.69, 9.17) is 0 Å². The summed E-state index contributed by atoms with van der Waals surface area (Å²) in [6, 6.07) is 2.22. The summed E-state index contributed by atoms with van der Waals surface area (Å²) in [5, 5.41) is 7.96. The van der Waals surface area contributed by atoms with E-state index in [0.29, 0.717) is 5.92 Å². The van der Waals surface area contributed by atoms with E-state index < -0.39 is 0 Å². The average molecular weight is 306 g/mol. The van der Waals surface area contributed by atoms with E-state index >= 15 is 0 Å². The Balaban J connectivity index is 2.31. The van der Waals surface area contributed by atoms with E-state index in [1.807, 2.05) is 0 Å². The highest BCUT2D eigenvalue weighted by molar-refractivity contribution is 7.18. The molecule has 0 spiro atoms. The summed E-state index contributed by atoms with van der Waals surface area (Å²) < 4.78 is 0. The van der Waals surface area contributed by atoms with Gasteiger partial charge in [-0.3, -0.25) is 0 Å². The molecule has 5 heteroatoms. The van der Waals surface area contributed by atoms with E-state index in [2.05, 4.69) is 54.4 Å². The Bertz CT molecular complexity index is 579. The number of aryl methyl sites for hydroxylation is 1. The molecule has 0 aliphatic carbocycles. The molecule has 2 aromatic rings. The maximum absolute atomic E-state index is 4.67. The highest BCUT2D eigenvalue weighted by Gasteiger charge is 2.11. The molecule has 0 bridgehead atoms. The Kier molecular flexibility index (Phi) is 5.79. The van der Waals surface area contributed by atoms with Gasteiger partial charge in [0.15, 0.2) is 0 Å². The van der Waals surface area contributed by atoms with E-state index in [1.165, 1.54) is 11.3 Å². The van der Waals surface area contributed by atoms with Crippen LogP contribution in [0.25, 0.3) is 10.2 Å². The largest absolute Gasteiger partial charge is 0.369 e. The molecule has 0 aliphatic rings. The van der Waals surface area contributed by atoms with Gasteiger partial charge in [0.1, 0.15) is 10.6 Å². The number of hydrogen-bond acceptors (Lipinski definition) is 5. The van der Waals surface area contributed by atoms with Gasteiger partial charge >= 0.3 is 0 Å². The smallest absolute Gasteiger partial charge is 0.226 e. The molecule has 1 unspecified atom stereocenters. The normalized spacial score (nSPS) is 12.6. The summed E-state index contributed by atoms with van der Waals surface area (Å²) in [4.78, 5) is 11.7. The molecule has 2 rings (SSSR count). The molecule has 1 atom stereocenters. The number of hydrogen-bond donors (Lipinski definition) is 2. The Morgan fingerprint density at radius 3 is 2.67 bits per heavy atom. The number of fused-ring (bicyclic) bond motifs is 1. The van der Waals surface area contributed by atoms with Crippen LogP contribution in [0.2, 0.25) is 0 Å². The lowest BCUT2D eigenvalue weighted by Crippen LogP contribution is -2.13. The van der Waals surface area contributed by atoms with Crippen molar-refractivity contribution in [1.29, 1.82) is 0 Å². The molecule has 0 aliphatic heterocycles. The van der Waals surface area contributed by atoms with Crippen LogP contribution in [0, 0.1) is 5.92 Å². The van der Waals surface area contributed by atoms with Crippen molar-refractivity contribution >= 4 is 33.3 Å². The average Bonchev–Trinajstić information content (AvgIpc) is 2.93. The molecule has 0 saturated carbocycles. The first-order valence-electron chi connectivity index (χ1n) is 7.96. The quantitative estimate of drug-likeness (QED) is 0.752. The second kappa shape index (κ2) is 7.59. The Morgan fingerprint density at radius 1 is 1.19 bits per heavy atom. The second-order valence-corrected chi connectivity index (χ2v) is 6.62. The third kappa shape index (κ3) is 4.06. The number of aromatic nitrogens is 2. The van der Waals surface area contributed by atoms with Crippen LogP contribution in [0.3, 0.4) is 0 Å². The molecule has 0 aromatic carbocycles. The minimum Gasteiger partial charge on any atom is -0.369 e. The first-order chi connectivity index (χ1) is 10.2. The lowest BCUT2D eigenvalue weighted by atomic mass is 10.1. The maximum atomic E-state index is 4.67. The Hall–Kier alpha value is -1.36. The van der Waals surface area contributed by atoms with Crippen LogP contribution in [0.1, 0.15) is 45.4 Å². The van der Waals surface area contributed by atoms with Crippen LogP contribution in [-0.4, -0.2) is 23.1 Å². The van der Waals surface area contributed by atoms with Gasteiger partial charge < -0.3 is 10.6 Å². The summed E-state index contributed by atoms with van der Waals surface area (Å²) >= 11 is 1.77. The van der Waals surface area contributed by atoms with Crippen LogP contribution < -0.4 is 10.6 Å². The van der Waals surface area contributed by atoms with Crippen LogP contribution in [0.15, 0.2) is 6.07 Å². The molecule has 21 heavy (non-hydrogen) atoms. The highest BCUT2D eigenvalue weighted by Crippen LogP contribution is 2.30. The zero-order valence-corrected chi connectivity index (χ0v) is 14.3. The zero-order chi connectivity index (χ0) is 15.2. The maximum Gasteiger partial charge on any atom is 0.226 e. The Morgan fingerprint density at radius 2 is 2.00 bits per heavy atom. The second-order valence-electron chi connectivity index (χ2n) is 5.50. The summed E-state index contributed by atoms with van der Waals surface area (Å²) in [6.45, 7) is 10.7. The lowest BCUT2D eigenvalue weighted by Gasteiger charge is -2.12. The fourth-order valence-electron chi connectivity index (χ4n) is 2.01. The first-order valence-corrected chi connectivity index (χ1v) is 8.77. The monoisotopic (exact) mass is 306 g/mol. The molecule has 2 aromatic heterocycles. The van der Waals surface area contributed by atoms with Gasteiger partial charge in [0, 0.05) is 18.0 Å². The van der Waals surface area contributed by atoms with Crippen molar-refractivity contribution in [2.24, 2.45) is 5.92 Å². The van der Waals surface area contributed by atoms with Crippen LogP contribution in [0.5, 0.6) is 0 Å². The summed E-state index contributed by atoms with van der Waals surface area (Å²) in [5.41, 5.74) is 0. The van der Waals surface area contributed by atoms with E-state index in [0.717, 1.165) is 47.9 Å². The van der Waals surface area contributed by atoms with Crippen LogP contribution in [0.4, 0.5) is 11.8 Å². The van der Waals surface area contributed by atoms with Crippen molar-refractivity contribution in [2.45, 2.75) is 47.0 Å². The summed E-state index contributed by atoms with van der Waals surface area (Å²) in [5.74, 6) is 2.35. The molecular formula is C16H26N4S. The van der Waals surface area contributed by atoms with E-state index in [1.54, 1.807) is 11.3 Å². The van der Waals surface area contributed by atoms with Gasteiger partial charge in [0.2, 0.25) is 5.95 Å². The van der Waals surface area contributed by atoms with Crippen LogP contribution >= 0.6 is 11.3 Å². The van der Waals surface area contributed by atoms with Gasteiger partial charge in [-0.1, -0.05) is 34.1 Å². The molecule has 2 heterocycles. The van der Waals surface area contributed by atoms with Gasteiger partial charge in [-0.2, -0.15) is 4.98 Å². The van der Waals surface area contributed by atoms with Gasteiger partial charge in [-0.15, -0.1) is 11.3 Å². The van der Waals surface area contributed by atoms with Gasteiger partial charge in [0.05, 0.1) is 5.39 Å².